The van der Waals surface area contributed by atoms with Crippen molar-refractivity contribution < 1.29 is 0 Å². The number of thiophene rings is 1. The summed E-state index contributed by atoms with van der Waals surface area (Å²) in [4.78, 5) is 1.16. The highest BCUT2D eigenvalue weighted by Crippen LogP contribution is 2.32. The summed E-state index contributed by atoms with van der Waals surface area (Å²) in [6, 6.07) is 9.75. The summed E-state index contributed by atoms with van der Waals surface area (Å²) < 4.78 is 0. The van der Waals surface area contributed by atoms with E-state index in [-0.39, 0.29) is 0 Å². The van der Waals surface area contributed by atoms with E-state index in [9.17, 15) is 0 Å². The van der Waals surface area contributed by atoms with Gasteiger partial charge in [0.25, 0.3) is 0 Å². The summed E-state index contributed by atoms with van der Waals surface area (Å²) >= 11 is 1.66. The van der Waals surface area contributed by atoms with Crippen LogP contribution in [-0.2, 0) is 0 Å². The molecule has 0 fully saturated rings. The molecule has 0 spiro atoms. The zero-order valence-corrected chi connectivity index (χ0v) is 7.84. The summed E-state index contributed by atoms with van der Waals surface area (Å²) in [5, 5.41) is 2.03. The first-order chi connectivity index (χ1) is 6.29. The monoisotopic (exact) mass is 190 g/mol. The van der Waals surface area contributed by atoms with Gasteiger partial charge >= 0.3 is 0 Å². The van der Waals surface area contributed by atoms with E-state index in [4.69, 9.17) is 11.5 Å². The highest BCUT2D eigenvalue weighted by Gasteiger charge is 2.04. The van der Waals surface area contributed by atoms with Gasteiger partial charge in [0.2, 0.25) is 0 Å². The third kappa shape index (κ3) is 1.38. The second kappa shape index (κ2) is 3.11. The van der Waals surface area contributed by atoms with E-state index in [1.807, 2.05) is 35.7 Å². The largest absolute Gasteiger partial charge is 0.397 e. The van der Waals surface area contributed by atoms with Crippen molar-refractivity contribution >= 4 is 22.7 Å². The molecule has 0 aliphatic rings. The van der Waals surface area contributed by atoms with Crippen molar-refractivity contribution in [3.63, 3.8) is 0 Å². The maximum absolute atomic E-state index is 5.86. The molecule has 0 saturated carbocycles. The third-order valence-corrected chi connectivity index (χ3v) is 2.83. The van der Waals surface area contributed by atoms with Crippen LogP contribution in [0.5, 0.6) is 0 Å². The van der Waals surface area contributed by atoms with Gasteiger partial charge in [0.05, 0.1) is 11.4 Å². The molecule has 3 heteroatoms. The average Bonchev–Trinajstić information content (AvgIpc) is 2.62. The van der Waals surface area contributed by atoms with Crippen LogP contribution < -0.4 is 11.5 Å². The predicted octanol–water partition coefficient (Wildman–Crippen LogP) is 2.58. The van der Waals surface area contributed by atoms with Crippen LogP contribution in [0.4, 0.5) is 11.4 Å². The number of nitrogens with two attached hydrogens (primary N) is 2. The Kier molecular flexibility index (Phi) is 1.94. The molecule has 0 saturated heterocycles. The Bertz CT molecular complexity index is 407. The third-order valence-electron chi connectivity index (χ3n) is 1.93. The highest BCUT2D eigenvalue weighted by molar-refractivity contribution is 7.13. The van der Waals surface area contributed by atoms with Crippen molar-refractivity contribution in [1.29, 1.82) is 0 Å². The number of hydrogen-bond acceptors (Lipinski definition) is 3. The second-order valence-electron chi connectivity index (χ2n) is 2.79. The number of rotatable bonds is 1. The van der Waals surface area contributed by atoms with Crippen LogP contribution in [-0.4, -0.2) is 0 Å². The Morgan fingerprint density at radius 2 is 1.85 bits per heavy atom. The molecule has 2 nitrogen and oxygen atoms in total. The predicted molar refractivity (Wildman–Crippen MR) is 58.6 cm³/mol. The summed E-state index contributed by atoms with van der Waals surface area (Å²) in [6.45, 7) is 0. The fourth-order valence-corrected chi connectivity index (χ4v) is 2.00. The van der Waals surface area contributed by atoms with E-state index in [0.29, 0.717) is 11.4 Å². The van der Waals surface area contributed by atoms with E-state index < -0.39 is 0 Å². The Balaban J connectivity index is 2.59. The molecule has 0 unspecified atom stereocenters. The van der Waals surface area contributed by atoms with Gasteiger partial charge in [0.15, 0.2) is 0 Å². The lowest BCUT2D eigenvalue weighted by molar-refractivity contribution is 1.66. The first-order valence-corrected chi connectivity index (χ1v) is 4.85. The maximum Gasteiger partial charge on any atom is 0.0635 e. The van der Waals surface area contributed by atoms with Crippen molar-refractivity contribution in [1.82, 2.24) is 0 Å². The van der Waals surface area contributed by atoms with Gasteiger partial charge in [-0.3, -0.25) is 0 Å². The van der Waals surface area contributed by atoms with Crippen LogP contribution in [0.25, 0.3) is 10.4 Å². The second-order valence-corrected chi connectivity index (χ2v) is 3.73. The number of hydrogen-bond donors (Lipinski definition) is 2. The van der Waals surface area contributed by atoms with Crippen molar-refractivity contribution in [3.05, 3.63) is 35.7 Å². The Hall–Kier alpha value is -1.48. The van der Waals surface area contributed by atoms with Crippen molar-refractivity contribution in [2.24, 2.45) is 0 Å². The van der Waals surface area contributed by atoms with Gasteiger partial charge in [-0.1, -0.05) is 18.2 Å². The topological polar surface area (TPSA) is 52.0 Å². The van der Waals surface area contributed by atoms with Crippen molar-refractivity contribution in [2.75, 3.05) is 11.5 Å². The SMILES string of the molecule is Nc1cccc(-c2cccs2)c1N. The van der Waals surface area contributed by atoms with E-state index in [0.717, 1.165) is 10.4 Å². The van der Waals surface area contributed by atoms with Gasteiger partial charge in [0, 0.05) is 10.4 Å². The average molecular weight is 190 g/mol. The van der Waals surface area contributed by atoms with Gasteiger partial charge in [0.1, 0.15) is 0 Å². The van der Waals surface area contributed by atoms with E-state index in [1.165, 1.54) is 0 Å². The van der Waals surface area contributed by atoms with Crippen molar-refractivity contribution in [3.8, 4) is 10.4 Å². The number of nitrogen functional groups attached to an aromatic ring is 2. The molecule has 0 atom stereocenters. The van der Waals surface area contributed by atoms with Gasteiger partial charge in [-0.15, -0.1) is 11.3 Å². The number of para-hydroxylation sites is 1. The number of anilines is 2. The zero-order chi connectivity index (χ0) is 9.26. The normalized spacial score (nSPS) is 10.2. The molecular weight excluding hydrogens is 180 g/mol. The lowest BCUT2D eigenvalue weighted by atomic mass is 10.1. The minimum absolute atomic E-state index is 0.644. The molecule has 1 aromatic carbocycles. The summed E-state index contributed by atoms with van der Waals surface area (Å²) in [6.07, 6.45) is 0. The van der Waals surface area contributed by atoms with Crippen LogP contribution in [0.3, 0.4) is 0 Å². The summed E-state index contributed by atoms with van der Waals surface area (Å²) in [5.41, 5.74) is 13.9. The van der Waals surface area contributed by atoms with Crippen LogP contribution in [0.15, 0.2) is 35.7 Å². The molecule has 0 aliphatic carbocycles. The molecule has 0 bridgehead atoms. The number of benzene rings is 1. The molecule has 1 aromatic heterocycles. The summed E-state index contributed by atoms with van der Waals surface area (Å²) in [5.74, 6) is 0. The smallest absolute Gasteiger partial charge is 0.0635 e. The first kappa shape index (κ1) is 8.13. The molecule has 13 heavy (non-hydrogen) atoms. The van der Waals surface area contributed by atoms with Gasteiger partial charge in [-0.2, -0.15) is 0 Å². The van der Waals surface area contributed by atoms with Gasteiger partial charge < -0.3 is 11.5 Å². The molecule has 0 radical (unpaired) electrons. The van der Waals surface area contributed by atoms with E-state index >= 15 is 0 Å². The fraction of sp³-hybridized carbons (Fsp3) is 0. The summed E-state index contributed by atoms with van der Waals surface area (Å²) in [7, 11) is 0. The van der Waals surface area contributed by atoms with Crippen LogP contribution >= 0.6 is 11.3 Å². The van der Waals surface area contributed by atoms with Gasteiger partial charge in [-0.05, 0) is 17.5 Å². The van der Waals surface area contributed by atoms with E-state index in [2.05, 4.69) is 0 Å². The molecule has 0 amide bonds. The van der Waals surface area contributed by atoms with Crippen LogP contribution in [0.2, 0.25) is 0 Å². The minimum atomic E-state index is 0.644. The maximum atomic E-state index is 5.86. The first-order valence-electron chi connectivity index (χ1n) is 3.97. The van der Waals surface area contributed by atoms with Crippen LogP contribution in [0, 0.1) is 0 Å². The minimum Gasteiger partial charge on any atom is -0.397 e. The fourth-order valence-electron chi connectivity index (χ4n) is 1.23. The van der Waals surface area contributed by atoms with Crippen LogP contribution in [0.1, 0.15) is 0 Å². The lowest BCUT2D eigenvalue weighted by Crippen LogP contribution is -1.95. The molecule has 2 aromatic rings. The molecule has 2 rings (SSSR count). The quantitative estimate of drug-likeness (QED) is 0.679. The highest BCUT2D eigenvalue weighted by atomic mass is 32.1. The molecule has 0 aliphatic heterocycles. The Labute approximate surface area is 80.8 Å². The molecular formula is C10H10N2S. The lowest BCUT2D eigenvalue weighted by Gasteiger charge is -2.05. The Morgan fingerprint density at radius 3 is 2.54 bits per heavy atom. The Morgan fingerprint density at radius 1 is 1.00 bits per heavy atom. The van der Waals surface area contributed by atoms with E-state index in [1.54, 1.807) is 11.3 Å². The molecule has 66 valence electrons. The molecule has 4 N–H and O–H groups in total. The standard InChI is InChI=1S/C10H10N2S/c11-8-4-1-3-7(10(8)12)9-5-2-6-13-9/h1-6H,11-12H2. The van der Waals surface area contributed by atoms with Crippen molar-refractivity contribution in [2.45, 2.75) is 0 Å². The van der Waals surface area contributed by atoms with Gasteiger partial charge in [-0.25, -0.2) is 0 Å². The zero-order valence-electron chi connectivity index (χ0n) is 7.03. The molecule has 1 heterocycles.